The maximum Gasteiger partial charge on any atom is 0.330 e. The number of carbonyl (C=O) groups excluding carboxylic acids is 1. The fourth-order valence-corrected chi connectivity index (χ4v) is 3.29. The van der Waals surface area contributed by atoms with Gasteiger partial charge >= 0.3 is 12.3 Å². The Bertz CT molecular complexity index is 683. The molecule has 0 unspecified atom stereocenters. The first-order chi connectivity index (χ1) is 15.2. The highest BCUT2D eigenvalue weighted by atomic mass is 19.3. The molecule has 2 atom stereocenters. The number of methoxy groups -OCH3 is 1. The van der Waals surface area contributed by atoms with Crippen molar-refractivity contribution in [3.05, 3.63) is 35.9 Å². The van der Waals surface area contributed by atoms with Crippen LogP contribution in [-0.2, 0) is 14.2 Å². The van der Waals surface area contributed by atoms with Crippen molar-refractivity contribution in [2.75, 3.05) is 66.3 Å². The number of hydrogen-bond acceptors (Lipinski definition) is 6. The second-order valence-electron chi connectivity index (χ2n) is 7.59. The summed E-state index contributed by atoms with van der Waals surface area (Å²) in [6.07, 6.45) is -5.28. The van der Waals surface area contributed by atoms with Crippen LogP contribution in [0.15, 0.2) is 30.3 Å². The van der Waals surface area contributed by atoms with E-state index >= 15 is 0 Å². The van der Waals surface area contributed by atoms with Crippen molar-refractivity contribution < 1.29 is 41.7 Å². The molecule has 0 bridgehead atoms. The molecule has 1 saturated heterocycles. The summed E-state index contributed by atoms with van der Waals surface area (Å²) in [5, 5.41) is 10.0. The number of benzene rings is 1. The van der Waals surface area contributed by atoms with Crippen molar-refractivity contribution in [2.45, 2.75) is 24.6 Å². The van der Waals surface area contributed by atoms with Crippen LogP contribution in [0.25, 0.3) is 0 Å². The molecule has 0 aromatic heterocycles. The summed E-state index contributed by atoms with van der Waals surface area (Å²) in [6, 6.07) is 8.83. The summed E-state index contributed by atoms with van der Waals surface area (Å²) in [5.41, 5.74) is 0.546. The zero-order valence-electron chi connectivity index (χ0n) is 18.0. The number of nitrogens with zero attached hydrogens (tertiary/aromatic N) is 2. The Balaban J connectivity index is 1.85. The zero-order chi connectivity index (χ0) is 23.6. The van der Waals surface area contributed by atoms with Gasteiger partial charge in [-0.15, -0.1) is 0 Å². The summed E-state index contributed by atoms with van der Waals surface area (Å²) in [4.78, 5) is 16.4. The Hall–Kier alpha value is -1.79. The van der Waals surface area contributed by atoms with Gasteiger partial charge in [-0.3, -0.25) is 9.69 Å². The molecule has 0 spiro atoms. The first-order valence-corrected chi connectivity index (χ1v) is 10.3. The smallest absolute Gasteiger partial charge is 0.330 e. The lowest BCUT2D eigenvalue weighted by atomic mass is 10.1. The number of carbonyl (C=O) groups is 1. The average molecular weight is 466 g/mol. The highest BCUT2D eigenvalue weighted by Crippen LogP contribution is 2.23. The van der Waals surface area contributed by atoms with Crippen LogP contribution in [0.3, 0.4) is 0 Å². The monoisotopic (exact) mass is 466 g/mol. The first-order valence-electron chi connectivity index (χ1n) is 10.3. The number of amides is 1. The van der Waals surface area contributed by atoms with Gasteiger partial charge in [-0.2, -0.15) is 8.78 Å². The van der Waals surface area contributed by atoms with Crippen LogP contribution in [0.4, 0.5) is 17.6 Å². The molecule has 1 aromatic rings. The first kappa shape index (κ1) is 26.5. The number of rotatable bonds is 13. The zero-order valence-corrected chi connectivity index (χ0v) is 18.0. The molecule has 1 aromatic carbocycles. The standard InChI is InChI=1S/C21H30F4N2O5/c1-30-9-8-27(19(29)16-5-3-2-4-6-16)13-18-12-26(7-10-32-18)11-17(28)14-31-15-21(24,25)20(22)23/h2-6,17-18,20,28H,7-15H2,1H3/t17-,18-/m1/s1. The van der Waals surface area contributed by atoms with E-state index in [0.29, 0.717) is 45.0 Å². The summed E-state index contributed by atoms with van der Waals surface area (Å²) in [6.45, 7) is 0.444. The van der Waals surface area contributed by atoms with Gasteiger partial charge in [0.05, 0.1) is 32.0 Å². The third-order valence-corrected chi connectivity index (χ3v) is 4.91. The largest absolute Gasteiger partial charge is 0.389 e. The molecule has 7 nitrogen and oxygen atoms in total. The maximum absolute atomic E-state index is 12.9. The number of morpholine rings is 1. The van der Waals surface area contributed by atoms with Crippen molar-refractivity contribution in [1.29, 1.82) is 0 Å². The molecule has 1 amide bonds. The molecular weight excluding hydrogens is 436 g/mol. The van der Waals surface area contributed by atoms with E-state index < -0.39 is 31.7 Å². The molecular formula is C21H30F4N2O5. The predicted molar refractivity (Wildman–Crippen MR) is 108 cm³/mol. The Morgan fingerprint density at radius 1 is 1.34 bits per heavy atom. The predicted octanol–water partition coefficient (Wildman–Crippen LogP) is 1.75. The summed E-state index contributed by atoms with van der Waals surface area (Å²) in [5.74, 6) is -4.41. The molecule has 0 radical (unpaired) electrons. The lowest BCUT2D eigenvalue weighted by molar-refractivity contribution is -0.171. The van der Waals surface area contributed by atoms with Crippen molar-refractivity contribution >= 4 is 5.91 Å². The Morgan fingerprint density at radius 3 is 2.72 bits per heavy atom. The second-order valence-corrected chi connectivity index (χ2v) is 7.59. The van der Waals surface area contributed by atoms with Gasteiger partial charge in [-0.25, -0.2) is 8.78 Å². The highest BCUT2D eigenvalue weighted by Gasteiger charge is 2.41. The molecule has 1 N–H and O–H groups in total. The van der Waals surface area contributed by atoms with E-state index in [1.54, 1.807) is 36.3 Å². The van der Waals surface area contributed by atoms with E-state index in [4.69, 9.17) is 9.47 Å². The van der Waals surface area contributed by atoms with Crippen molar-refractivity contribution in [2.24, 2.45) is 0 Å². The van der Waals surface area contributed by atoms with E-state index in [1.165, 1.54) is 0 Å². The number of hydrogen-bond donors (Lipinski definition) is 1. The highest BCUT2D eigenvalue weighted by molar-refractivity contribution is 5.94. The third kappa shape index (κ3) is 8.62. The SMILES string of the molecule is COCCN(C[C@H]1CN(C[C@@H](O)COCC(F)(F)C(F)F)CCO1)C(=O)c1ccccc1. The quantitative estimate of drug-likeness (QED) is 0.447. The molecule has 0 aliphatic carbocycles. The van der Waals surface area contributed by atoms with E-state index in [2.05, 4.69) is 4.74 Å². The van der Waals surface area contributed by atoms with Gasteiger partial charge in [0.2, 0.25) is 0 Å². The fourth-order valence-electron chi connectivity index (χ4n) is 3.29. The number of β-amino-alcohol motifs (C(OH)–C–C–N with tert-alkyl or cyclic N) is 1. The minimum absolute atomic E-state index is 0.102. The number of aliphatic hydroxyl groups is 1. The minimum atomic E-state index is -4.25. The molecule has 0 saturated carbocycles. The van der Waals surface area contributed by atoms with E-state index in [1.807, 2.05) is 11.0 Å². The average Bonchev–Trinajstić information content (AvgIpc) is 2.76. The number of halogens is 4. The summed E-state index contributed by atoms with van der Waals surface area (Å²) in [7, 11) is 1.55. The Labute approximate surface area is 184 Å². The van der Waals surface area contributed by atoms with Gasteiger partial charge in [0.1, 0.15) is 6.61 Å². The van der Waals surface area contributed by atoms with Crippen LogP contribution in [0, 0.1) is 0 Å². The molecule has 1 fully saturated rings. The maximum atomic E-state index is 12.9. The van der Waals surface area contributed by atoms with Gasteiger partial charge in [0, 0.05) is 45.4 Å². The minimum Gasteiger partial charge on any atom is -0.389 e. The number of alkyl halides is 4. The number of ether oxygens (including phenoxy) is 3. The van der Waals surface area contributed by atoms with Gasteiger partial charge < -0.3 is 24.2 Å². The molecule has 2 rings (SSSR count). The summed E-state index contributed by atoms with van der Waals surface area (Å²) >= 11 is 0. The van der Waals surface area contributed by atoms with E-state index in [9.17, 15) is 27.5 Å². The van der Waals surface area contributed by atoms with Gasteiger partial charge in [-0.05, 0) is 12.1 Å². The molecule has 32 heavy (non-hydrogen) atoms. The van der Waals surface area contributed by atoms with E-state index in [0.717, 1.165) is 0 Å². The molecule has 1 aliphatic rings. The van der Waals surface area contributed by atoms with Crippen LogP contribution < -0.4 is 0 Å². The van der Waals surface area contributed by atoms with Gasteiger partial charge in [0.25, 0.3) is 5.91 Å². The second kappa shape index (κ2) is 13.0. The van der Waals surface area contributed by atoms with E-state index in [-0.39, 0.29) is 18.6 Å². The van der Waals surface area contributed by atoms with Crippen LogP contribution >= 0.6 is 0 Å². The van der Waals surface area contributed by atoms with Crippen LogP contribution in [0.1, 0.15) is 10.4 Å². The van der Waals surface area contributed by atoms with Crippen molar-refractivity contribution in [3.8, 4) is 0 Å². The van der Waals surface area contributed by atoms with Crippen LogP contribution in [-0.4, -0.2) is 112 Å². The van der Waals surface area contributed by atoms with Crippen LogP contribution in [0.2, 0.25) is 0 Å². The Morgan fingerprint density at radius 2 is 2.06 bits per heavy atom. The normalized spacial score (nSPS) is 18.7. The van der Waals surface area contributed by atoms with Gasteiger partial charge in [-0.1, -0.05) is 18.2 Å². The third-order valence-electron chi connectivity index (χ3n) is 4.91. The van der Waals surface area contributed by atoms with Crippen molar-refractivity contribution in [1.82, 2.24) is 9.80 Å². The lowest BCUT2D eigenvalue weighted by Crippen LogP contribution is -2.51. The molecule has 182 valence electrons. The fraction of sp³-hybridized carbons (Fsp3) is 0.667. The molecule has 1 heterocycles. The number of aliphatic hydroxyl groups excluding tert-OH is 1. The topological polar surface area (TPSA) is 71.5 Å². The van der Waals surface area contributed by atoms with Crippen LogP contribution in [0.5, 0.6) is 0 Å². The Kier molecular flexibility index (Phi) is 10.8. The summed E-state index contributed by atoms with van der Waals surface area (Å²) < 4.78 is 65.5. The molecule has 1 aliphatic heterocycles. The lowest BCUT2D eigenvalue weighted by Gasteiger charge is -2.36. The van der Waals surface area contributed by atoms with Crippen molar-refractivity contribution in [3.63, 3.8) is 0 Å². The molecule has 11 heteroatoms. The van der Waals surface area contributed by atoms with Gasteiger partial charge in [0.15, 0.2) is 0 Å².